The van der Waals surface area contributed by atoms with Crippen molar-refractivity contribution in [1.29, 1.82) is 0 Å². The summed E-state index contributed by atoms with van der Waals surface area (Å²) in [4.78, 5) is 0.133. The first-order valence-electron chi connectivity index (χ1n) is 15.9. The fourth-order valence-electron chi connectivity index (χ4n) is 5.50. The van der Waals surface area contributed by atoms with E-state index in [1.165, 1.54) is 24.3 Å². The first-order valence-corrected chi connectivity index (χ1v) is 19.6. The van der Waals surface area contributed by atoms with E-state index in [0.29, 0.717) is 0 Å². The van der Waals surface area contributed by atoms with Gasteiger partial charge in [-0.25, -0.2) is 8.42 Å². The number of aliphatic hydroxyl groups excluding tert-OH is 5. The molecule has 0 aliphatic carbocycles. The smallest absolute Gasteiger partial charge is 0.297 e. The van der Waals surface area contributed by atoms with Gasteiger partial charge >= 0.3 is 0 Å². The number of benzene rings is 2. The van der Waals surface area contributed by atoms with Crippen LogP contribution in [0.25, 0.3) is 0 Å². The van der Waals surface area contributed by atoms with Gasteiger partial charge in [-0.15, -0.1) is 0 Å². The summed E-state index contributed by atoms with van der Waals surface area (Å²) in [6, 6.07) is 12.5. The molecule has 4 saturated heterocycles. The summed E-state index contributed by atoms with van der Waals surface area (Å²) in [5, 5.41) is 48.3. The molecule has 10 unspecified atom stereocenters. The van der Waals surface area contributed by atoms with Crippen molar-refractivity contribution in [1.82, 2.24) is 0 Å². The van der Waals surface area contributed by atoms with Gasteiger partial charge in [0.2, 0.25) is 0 Å². The first kappa shape index (κ1) is 41.9. The van der Waals surface area contributed by atoms with Crippen LogP contribution in [-0.4, -0.2) is 129 Å². The van der Waals surface area contributed by atoms with Gasteiger partial charge in [0.25, 0.3) is 19.2 Å². The van der Waals surface area contributed by atoms with Crippen molar-refractivity contribution in [2.75, 3.05) is 13.2 Å². The molecule has 0 amide bonds. The molecule has 288 valence electrons. The second-order valence-corrected chi connectivity index (χ2v) is 17.4. The largest absolute Gasteiger partial charge is 0.394 e. The van der Waals surface area contributed by atoms with Gasteiger partial charge < -0.3 is 54.0 Å². The normalized spacial score (nSPS) is 31.8. The minimum Gasteiger partial charge on any atom is -0.394 e. The van der Waals surface area contributed by atoms with Crippen LogP contribution in [0.3, 0.4) is 0 Å². The maximum Gasteiger partial charge on any atom is 0.297 e. The molecule has 0 saturated carbocycles. The van der Waals surface area contributed by atoms with Gasteiger partial charge in [0.1, 0.15) is 48.8 Å². The van der Waals surface area contributed by atoms with E-state index in [-0.39, 0.29) is 9.79 Å². The van der Waals surface area contributed by atoms with Crippen molar-refractivity contribution in [2.45, 2.75) is 124 Å². The summed E-state index contributed by atoms with van der Waals surface area (Å²) < 4.78 is 83.1. The molecule has 0 radical (unpaired) electrons. The van der Waals surface area contributed by atoms with Gasteiger partial charge in [-0.1, -0.05) is 35.4 Å². The Morgan fingerprint density at radius 1 is 0.706 bits per heavy atom. The lowest BCUT2D eigenvalue weighted by Gasteiger charge is -2.25. The lowest BCUT2D eigenvalue weighted by Crippen LogP contribution is -2.43. The monoisotopic (exact) mass is 784 g/mol. The average molecular weight is 785 g/mol. The summed E-state index contributed by atoms with van der Waals surface area (Å²) in [7, 11) is -2.48. The van der Waals surface area contributed by atoms with E-state index in [4.69, 9.17) is 48.4 Å². The molecular formula is C32H45ClO16S2. The van der Waals surface area contributed by atoms with E-state index < -0.39 is 105 Å². The summed E-state index contributed by atoms with van der Waals surface area (Å²) >= 11 is 0. The molecule has 4 aliphatic heterocycles. The molecule has 0 aromatic heterocycles. The van der Waals surface area contributed by atoms with Crippen LogP contribution in [0.15, 0.2) is 58.3 Å². The van der Waals surface area contributed by atoms with Gasteiger partial charge in [-0.2, -0.15) is 8.42 Å². The zero-order valence-corrected chi connectivity index (χ0v) is 31.1. The molecule has 2 aromatic carbocycles. The van der Waals surface area contributed by atoms with Gasteiger partial charge in [-0.3, -0.25) is 4.18 Å². The molecule has 51 heavy (non-hydrogen) atoms. The summed E-state index contributed by atoms with van der Waals surface area (Å²) in [5.74, 6) is -1.68. The quantitative estimate of drug-likeness (QED) is 0.184. The van der Waals surface area contributed by atoms with Crippen molar-refractivity contribution in [2.24, 2.45) is 0 Å². The minimum absolute atomic E-state index is 0.0107. The number of hydrogen-bond donors (Lipinski definition) is 5. The van der Waals surface area contributed by atoms with Crippen LogP contribution in [0.2, 0.25) is 0 Å². The number of halogens is 1. The molecule has 19 heteroatoms. The summed E-state index contributed by atoms with van der Waals surface area (Å²) in [6.07, 6.45) is -9.42. The van der Waals surface area contributed by atoms with Crippen molar-refractivity contribution in [3.8, 4) is 0 Å². The fraction of sp³-hybridized carbons (Fsp3) is 0.625. The van der Waals surface area contributed by atoms with Crippen LogP contribution in [0, 0.1) is 13.8 Å². The van der Waals surface area contributed by atoms with Gasteiger partial charge in [-0.05, 0) is 65.8 Å². The Kier molecular flexibility index (Phi) is 13.4. The Morgan fingerprint density at radius 2 is 1.10 bits per heavy atom. The average Bonchev–Trinajstić information content (AvgIpc) is 3.72. The molecule has 6 rings (SSSR count). The molecule has 4 aliphatic rings. The predicted molar refractivity (Wildman–Crippen MR) is 177 cm³/mol. The van der Waals surface area contributed by atoms with Crippen LogP contribution >= 0.6 is 10.7 Å². The van der Waals surface area contributed by atoms with E-state index in [0.717, 1.165) is 11.1 Å². The molecule has 5 N–H and O–H groups in total. The highest BCUT2D eigenvalue weighted by Gasteiger charge is 2.57. The lowest BCUT2D eigenvalue weighted by atomic mass is 10.1. The standard InChI is InChI=1S/C16H22O8S.C9H16O6.C7H7ClO2S/c1-9-4-6-10(7-5-9)25(19,20)21-8-11(17)13-12(18)14-15(22-13)24-16(2,3)23-14;1-9(2)14-7-5(12)6(4(11)3-10)13-8(7)15-9;1-6-2-4-7(5-3-6)11(8,9)10/h4-7,11-15,17-18H,8H2,1-3H3;4-8,10-12H,3H2,1-2H3;2-5H,1H3. The summed E-state index contributed by atoms with van der Waals surface area (Å²) in [6.45, 7) is 9.50. The highest BCUT2D eigenvalue weighted by molar-refractivity contribution is 8.13. The minimum atomic E-state index is -4.02. The van der Waals surface area contributed by atoms with Gasteiger partial charge in [0.15, 0.2) is 24.2 Å². The Hall–Kier alpha value is -1.85. The molecule has 2 aromatic rings. The summed E-state index contributed by atoms with van der Waals surface area (Å²) in [5.41, 5.74) is 1.92. The van der Waals surface area contributed by atoms with Crippen LogP contribution in [-0.2, 0) is 51.8 Å². The molecular weight excluding hydrogens is 740 g/mol. The molecule has 10 atom stereocenters. The van der Waals surface area contributed by atoms with E-state index in [1.807, 2.05) is 13.8 Å². The topological polar surface area (TPSA) is 234 Å². The lowest BCUT2D eigenvalue weighted by molar-refractivity contribution is -0.227. The zero-order valence-electron chi connectivity index (χ0n) is 28.7. The molecule has 4 fully saturated rings. The Balaban J connectivity index is 0.000000190. The maximum absolute atomic E-state index is 12.1. The SMILES string of the molecule is CC1(C)OC2OC(C(O)CO)C(O)C2O1.Cc1ccc(S(=O)(=O)Cl)cc1.Cc1ccc(S(=O)(=O)OCC(O)C2OC3OC(C)(C)OC3C2O)cc1. The number of ether oxygens (including phenoxy) is 6. The molecule has 0 bridgehead atoms. The van der Waals surface area contributed by atoms with Crippen LogP contribution < -0.4 is 0 Å². The van der Waals surface area contributed by atoms with Gasteiger partial charge in [0.05, 0.1) is 23.0 Å². The van der Waals surface area contributed by atoms with Crippen molar-refractivity contribution >= 4 is 29.9 Å². The van der Waals surface area contributed by atoms with E-state index in [2.05, 4.69) is 0 Å². The molecule has 16 nitrogen and oxygen atoms in total. The number of aliphatic hydroxyl groups is 5. The third-order valence-corrected chi connectivity index (χ3v) is 10.7. The van der Waals surface area contributed by atoms with E-state index in [9.17, 15) is 37.3 Å². The van der Waals surface area contributed by atoms with Crippen molar-refractivity contribution in [3.05, 3.63) is 59.7 Å². The second kappa shape index (κ2) is 16.3. The highest BCUT2D eigenvalue weighted by Crippen LogP contribution is 2.39. The predicted octanol–water partition coefficient (Wildman–Crippen LogP) is 0.798. The molecule has 4 heterocycles. The van der Waals surface area contributed by atoms with Crippen molar-refractivity contribution in [3.63, 3.8) is 0 Å². The maximum atomic E-state index is 12.1. The van der Waals surface area contributed by atoms with E-state index in [1.54, 1.807) is 52.0 Å². The third-order valence-electron chi connectivity index (χ3n) is 8.06. The van der Waals surface area contributed by atoms with Crippen LogP contribution in [0.4, 0.5) is 0 Å². The number of fused-ring (bicyclic) bond motifs is 2. The van der Waals surface area contributed by atoms with Crippen molar-refractivity contribution < 1.29 is 75.0 Å². The highest BCUT2D eigenvalue weighted by atomic mass is 35.7. The zero-order chi connectivity index (χ0) is 38.1. The van der Waals surface area contributed by atoms with Gasteiger partial charge in [0, 0.05) is 10.7 Å². The Morgan fingerprint density at radius 3 is 1.47 bits per heavy atom. The number of hydrogen-bond acceptors (Lipinski definition) is 16. The fourth-order valence-corrected chi connectivity index (χ4v) is 7.19. The van der Waals surface area contributed by atoms with E-state index >= 15 is 0 Å². The van der Waals surface area contributed by atoms with Crippen LogP contribution in [0.1, 0.15) is 38.8 Å². The third kappa shape index (κ3) is 10.6. The molecule has 0 spiro atoms. The Bertz CT molecular complexity index is 1670. The first-order chi connectivity index (χ1) is 23.5. The van der Waals surface area contributed by atoms with Crippen LogP contribution in [0.5, 0.6) is 0 Å². The second-order valence-electron chi connectivity index (χ2n) is 13.2. The Labute approximate surface area is 301 Å². The number of rotatable bonds is 8. The number of aryl methyl sites for hydroxylation is 2.